The average Bonchev–Trinajstić information content (AvgIpc) is 2.31. The molecule has 0 fully saturated rings. The number of amides is 1. The fourth-order valence-corrected chi connectivity index (χ4v) is 2.23. The Kier molecular flexibility index (Phi) is 3.87. The van der Waals surface area contributed by atoms with E-state index < -0.39 is 6.10 Å². The molecule has 1 aromatic heterocycles. The maximum atomic E-state index is 11.9. The molecule has 1 aromatic rings. The summed E-state index contributed by atoms with van der Waals surface area (Å²) >= 11 is 3.30. The van der Waals surface area contributed by atoms with E-state index in [1.165, 1.54) is 0 Å². The van der Waals surface area contributed by atoms with Gasteiger partial charge in [0.1, 0.15) is 0 Å². The molecule has 0 saturated carbocycles. The first-order valence-electron chi connectivity index (χ1n) is 5.77. The minimum Gasteiger partial charge on any atom is -0.476 e. The number of carbonyl (C=O) groups is 1. The van der Waals surface area contributed by atoms with Crippen molar-refractivity contribution in [3.05, 3.63) is 16.7 Å². The fraction of sp³-hybridized carbons (Fsp3) is 0.500. The molecule has 2 rings (SSSR count). The molecule has 1 aliphatic heterocycles. The van der Waals surface area contributed by atoms with Gasteiger partial charge in [-0.3, -0.25) is 4.79 Å². The van der Waals surface area contributed by atoms with Crippen LogP contribution in [0.4, 0.5) is 5.82 Å². The molecule has 2 heterocycles. The number of nitrogens with zero attached hydrogens (tertiary/aromatic N) is 1. The number of anilines is 1. The van der Waals surface area contributed by atoms with Gasteiger partial charge in [-0.05, 0) is 27.9 Å². The standard InChI is InChI=1S/C12H15BrN2O3/c1-6(2)8(5-16)10-12(17)15-11-9(18-10)3-7(13)4-14-11/h3-4,6,8,10,16H,5H2,1-2H3,(H,14,15,17). The third-order valence-corrected chi connectivity index (χ3v) is 3.46. The second kappa shape index (κ2) is 5.24. The van der Waals surface area contributed by atoms with Gasteiger partial charge in [-0.2, -0.15) is 0 Å². The Morgan fingerprint density at radius 2 is 2.33 bits per heavy atom. The molecule has 18 heavy (non-hydrogen) atoms. The lowest BCUT2D eigenvalue weighted by Gasteiger charge is -2.31. The van der Waals surface area contributed by atoms with E-state index in [0.29, 0.717) is 11.6 Å². The van der Waals surface area contributed by atoms with Crippen LogP contribution in [0.2, 0.25) is 0 Å². The van der Waals surface area contributed by atoms with E-state index >= 15 is 0 Å². The van der Waals surface area contributed by atoms with Crippen molar-refractivity contribution in [2.75, 3.05) is 11.9 Å². The van der Waals surface area contributed by atoms with Gasteiger partial charge in [-0.25, -0.2) is 4.98 Å². The molecule has 2 unspecified atom stereocenters. The molecular formula is C12H15BrN2O3. The van der Waals surface area contributed by atoms with Crippen LogP contribution in [0.3, 0.4) is 0 Å². The molecule has 0 radical (unpaired) electrons. The second-order valence-electron chi connectivity index (χ2n) is 4.62. The Hall–Kier alpha value is -1.14. The lowest BCUT2D eigenvalue weighted by Crippen LogP contribution is -2.45. The summed E-state index contributed by atoms with van der Waals surface area (Å²) in [6.07, 6.45) is 0.910. The maximum absolute atomic E-state index is 11.9. The highest BCUT2D eigenvalue weighted by molar-refractivity contribution is 9.10. The van der Waals surface area contributed by atoms with Crippen LogP contribution in [-0.4, -0.2) is 28.7 Å². The number of aliphatic hydroxyl groups is 1. The van der Waals surface area contributed by atoms with Gasteiger partial charge in [0.05, 0.1) is 6.61 Å². The third kappa shape index (κ3) is 2.49. The summed E-state index contributed by atoms with van der Waals surface area (Å²) in [4.78, 5) is 16.0. The van der Waals surface area contributed by atoms with Crippen molar-refractivity contribution in [3.63, 3.8) is 0 Å². The number of ether oxygens (including phenoxy) is 1. The minimum absolute atomic E-state index is 0.0908. The van der Waals surface area contributed by atoms with Gasteiger partial charge < -0.3 is 15.2 Å². The lowest BCUT2D eigenvalue weighted by atomic mass is 9.90. The molecule has 1 amide bonds. The molecule has 0 spiro atoms. The van der Waals surface area contributed by atoms with Gasteiger partial charge >= 0.3 is 0 Å². The first kappa shape index (κ1) is 13.3. The maximum Gasteiger partial charge on any atom is 0.267 e. The molecule has 2 atom stereocenters. The van der Waals surface area contributed by atoms with Gasteiger partial charge in [0.25, 0.3) is 5.91 Å². The van der Waals surface area contributed by atoms with Gasteiger partial charge in [0.15, 0.2) is 17.7 Å². The van der Waals surface area contributed by atoms with Crippen molar-refractivity contribution in [1.82, 2.24) is 4.98 Å². The number of hydrogen-bond donors (Lipinski definition) is 2. The third-order valence-electron chi connectivity index (χ3n) is 3.03. The Labute approximate surface area is 114 Å². The zero-order valence-corrected chi connectivity index (χ0v) is 11.8. The van der Waals surface area contributed by atoms with Crippen molar-refractivity contribution >= 4 is 27.7 Å². The molecule has 5 nitrogen and oxygen atoms in total. The van der Waals surface area contributed by atoms with Crippen molar-refractivity contribution in [2.45, 2.75) is 20.0 Å². The van der Waals surface area contributed by atoms with E-state index in [4.69, 9.17) is 4.74 Å². The summed E-state index contributed by atoms with van der Waals surface area (Å²) in [5.74, 6) is 0.586. The number of rotatable bonds is 3. The summed E-state index contributed by atoms with van der Waals surface area (Å²) in [5.41, 5.74) is 0. The summed E-state index contributed by atoms with van der Waals surface area (Å²) < 4.78 is 6.45. The Morgan fingerprint density at radius 3 is 2.94 bits per heavy atom. The molecule has 0 saturated heterocycles. The van der Waals surface area contributed by atoms with Crippen molar-refractivity contribution in [3.8, 4) is 5.75 Å². The summed E-state index contributed by atoms with van der Waals surface area (Å²) in [7, 11) is 0. The Morgan fingerprint density at radius 1 is 1.61 bits per heavy atom. The van der Waals surface area contributed by atoms with Crippen LogP contribution < -0.4 is 10.1 Å². The molecule has 0 aliphatic carbocycles. The highest BCUT2D eigenvalue weighted by Gasteiger charge is 2.36. The van der Waals surface area contributed by atoms with E-state index in [1.807, 2.05) is 13.8 Å². The molecule has 98 valence electrons. The van der Waals surface area contributed by atoms with E-state index in [2.05, 4.69) is 26.2 Å². The predicted octanol–water partition coefficient (Wildman–Crippen LogP) is 1.81. The molecular weight excluding hydrogens is 300 g/mol. The molecule has 1 aliphatic rings. The topological polar surface area (TPSA) is 71.5 Å². The van der Waals surface area contributed by atoms with Crippen molar-refractivity contribution in [2.24, 2.45) is 11.8 Å². The SMILES string of the molecule is CC(C)C(CO)C1Oc2cc(Br)cnc2NC1=O. The van der Waals surface area contributed by atoms with Gasteiger partial charge in [-0.1, -0.05) is 13.8 Å². The second-order valence-corrected chi connectivity index (χ2v) is 5.53. The van der Waals surface area contributed by atoms with Gasteiger partial charge in [0, 0.05) is 16.6 Å². The zero-order chi connectivity index (χ0) is 13.3. The quantitative estimate of drug-likeness (QED) is 0.892. The highest BCUT2D eigenvalue weighted by atomic mass is 79.9. The first-order valence-corrected chi connectivity index (χ1v) is 6.56. The molecule has 0 aromatic carbocycles. The van der Waals surface area contributed by atoms with Gasteiger partial charge in [0.2, 0.25) is 0 Å². The number of halogens is 1. The molecule has 6 heteroatoms. The number of carbonyl (C=O) groups excluding carboxylic acids is 1. The monoisotopic (exact) mass is 314 g/mol. The molecule has 2 N–H and O–H groups in total. The Balaban J connectivity index is 2.29. The number of fused-ring (bicyclic) bond motifs is 1. The van der Waals surface area contributed by atoms with Crippen LogP contribution in [0, 0.1) is 11.8 Å². The largest absolute Gasteiger partial charge is 0.476 e. The predicted molar refractivity (Wildman–Crippen MR) is 70.4 cm³/mol. The molecule has 0 bridgehead atoms. The van der Waals surface area contributed by atoms with Crippen LogP contribution in [0.15, 0.2) is 16.7 Å². The summed E-state index contributed by atoms with van der Waals surface area (Å²) in [6.45, 7) is 3.81. The van der Waals surface area contributed by atoms with Crippen molar-refractivity contribution < 1.29 is 14.6 Å². The van der Waals surface area contributed by atoms with Crippen LogP contribution in [-0.2, 0) is 4.79 Å². The first-order chi connectivity index (χ1) is 8.52. The normalized spacial score (nSPS) is 20.1. The van der Waals surface area contributed by atoms with E-state index in [0.717, 1.165) is 4.47 Å². The van der Waals surface area contributed by atoms with Crippen LogP contribution in [0.1, 0.15) is 13.8 Å². The van der Waals surface area contributed by atoms with Crippen molar-refractivity contribution in [1.29, 1.82) is 0 Å². The average molecular weight is 315 g/mol. The number of aliphatic hydroxyl groups excluding tert-OH is 1. The fourth-order valence-electron chi connectivity index (χ4n) is 1.92. The van der Waals surface area contributed by atoms with Crippen LogP contribution >= 0.6 is 15.9 Å². The van der Waals surface area contributed by atoms with Crippen LogP contribution in [0.5, 0.6) is 5.75 Å². The summed E-state index contributed by atoms with van der Waals surface area (Å²) in [5, 5.41) is 12.1. The Bertz CT molecular complexity index is 465. The number of nitrogens with one attached hydrogen (secondary N) is 1. The van der Waals surface area contributed by atoms with E-state index in [9.17, 15) is 9.90 Å². The smallest absolute Gasteiger partial charge is 0.267 e. The number of hydrogen-bond acceptors (Lipinski definition) is 4. The lowest BCUT2D eigenvalue weighted by molar-refractivity contribution is -0.127. The van der Waals surface area contributed by atoms with E-state index in [-0.39, 0.29) is 24.3 Å². The van der Waals surface area contributed by atoms with Crippen LogP contribution in [0.25, 0.3) is 0 Å². The number of aromatic nitrogens is 1. The van der Waals surface area contributed by atoms with Gasteiger partial charge in [-0.15, -0.1) is 0 Å². The van der Waals surface area contributed by atoms with E-state index in [1.54, 1.807) is 12.3 Å². The number of pyridine rings is 1. The highest BCUT2D eigenvalue weighted by Crippen LogP contribution is 2.33. The zero-order valence-electron chi connectivity index (χ0n) is 10.2. The minimum atomic E-state index is -0.682. The summed E-state index contributed by atoms with van der Waals surface area (Å²) in [6, 6.07) is 1.75.